The van der Waals surface area contributed by atoms with Crippen LogP contribution < -0.4 is 0 Å². The second kappa shape index (κ2) is 5.51. The summed E-state index contributed by atoms with van der Waals surface area (Å²) in [5.41, 5.74) is 0. The molecule has 3 heterocycles. The number of alkyl halides is 2. The topological polar surface area (TPSA) is 118 Å². The molecule has 3 saturated heterocycles. The van der Waals surface area contributed by atoms with Crippen LogP contribution in [0.5, 0.6) is 0 Å². The van der Waals surface area contributed by atoms with E-state index < -0.39 is 69.5 Å². The molecule has 5 unspecified atom stereocenters. The second-order valence-electron chi connectivity index (χ2n) is 4.96. The predicted octanol–water partition coefficient (Wildman–Crippen LogP) is 0.0763. The van der Waals surface area contributed by atoms with Crippen molar-refractivity contribution in [3.8, 4) is 0 Å². The highest BCUT2D eigenvalue weighted by atomic mass is 32.2. The lowest BCUT2D eigenvalue weighted by molar-refractivity contribution is -0.433. The van der Waals surface area contributed by atoms with Crippen molar-refractivity contribution in [1.82, 2.24) is 0 Å². The van der Waals surface area contributed by atoms with E-state index in [1.165, 1.54) is 0 Å². The zero-order chi connectivity index (χ0) is 16.1. The molecule has 0 spiro atoms. The summed E-state index contributed by atoms with van der Waals surface area (Å²) < 4.78 is 67.9. The Labute approximate surface area is 127 Å². The standard InChI is InChI=1S/C9H10F2O9S2/c10-9(11,21-20-19-13)2-16-8(12)5-3-1-4-6(17-3)7(5)18-22(4,14)15/h3-7,13H,1-2H2. The lowest BCUT2D eigenvalue weighted by Crippen LogP contribution is -2.40. The summed E-state index contributed by atoms with van der Waals surface area (Å²) in [6.07, 6.45) is -2.48. The van der Waals surface area contributed by atoms with E-state index in [4.69, 9.17) is 14.2 Å². The first-order valence-electron chi connectivity index (χ1n) is 6.03. The van der Waals surface area contributed by atoms with Gasteiger partial charge in [-0.2, -0.15) is 17.2 Å². The molecule has 0 amide bonds. The van der Waals surface area contributed by atoms with E-state index in [-0.39, 0.29) is 6.42 Å². The van der Waals surface area contributed by atoms with Gasteiger partial charge in [-0.15, -0.1) is 4.33 Å². The van der Waals surface area contributed by atoms with Crippen LogP contribution in [0.15, 0.2) is 0 Å². The van der Waals surface area contributed by atoms with Gasteiger partial charge in [-0.1, -0.05) is 5.04 Å². The molecule has 3 rings (SSSR count). The molecule has 5 atom stereocenters. The molecule has 3 fully saturated rings. The van der Waals surface area contributed by atoms with Gasteiger partial charge in [-0.25, -0.2) is 5.26 Å². The Morgan fingerprint density at radius 3 is 2.82 bits per heavy atom. The third-order valence-electron chi connectivity index (χ3n) is 3.70. The van der Waals surface area contributed by atoms with Crippen LogP contribution in [-0.4, -0.2) is 55.1 Å². The van der Waals surface area contributed by atoms with Crippen LogP contribution in [0.3, 0.4) is 0 Å². The lowest BCUT2D eigenvalue weighted by atomic mass is 9.86. The van der Waals surface area contributed by atoms with Crippen molar-refractivity contribution in [1.29, 1.82) is 0 Å². The minimum atomic E-state index is -3.80. The van der Waals surface area contributed by atoms with Crippen LogP contribution in [0.25, 0.3) is 0 Å². The average molecular weight is 364 g/mol. The molecule has 0 saturated carbocycles. The fourth-order valence-electron chi connectivity index (χ4n) is 2.89. The van der Waals surface area contributed by atoms with E-state index in [2.05, 4.69) is 14.1 Å². The molecular formula is C9H10F2O9S2. The number of esters is 1. The summed E-state index contributed by atoms with van der Waals surface area (Å²) in [5, 5.41) is 6.34. The van der Waals surface area contributed by atoms with E-state index in [1.807, 2.05) is 0 Å². The highest BCUT2D eigenvalue weighted by Gasteiger charge is 2.68. The molecule has 0 aliphatic carbocycles. The third kappa shape index (κ3) is 2.70. The van der Waals surface area contributed by atoms with Gasteiger partial charge in [0.15, 0.2) is 6.61 Å². The Morgan fingerprint density at radius 2 is 2.14 bits per heavy atom. The van der Waals surface area contributed by atoms with Gasteiger partial charge in [0.1, 0.15) is 35.4 Å². The van der Waals surface area contributed by atoms with E-state index in [9.17, 15) is 22.0 Å². The lowest BCUT2D eigenvalue weighted by Gasteiger charge is -2.21. The number of rotatable bonds is 6. The largest absolute Gasteiger partial charge is 0.458 e. The Balaban J connectivity index is 1.61. The van der Waals surface area contributed by atoms with Crippen molar-refractivity contribution in [3.63, 3.8) is 0 Å². The summed E-state index contributed by atoms with van der Waals surface area (Å²) in [6.45, 7) is -1.35. The minimum Gasteiger partial charge on any atom is -0.458 e. The molecule has 0 aromatic rings. The molecule has 3 aliphatic heterocycles. The number of carbonyl (C=O) groups is 1. The van der Waals surface area contributed by atoms with Crippen molar-refractivity contribution in [2.45, 2.75) is 35.2 Å². The molecule has 9 nitrogen and oxygen atoms in total. The summed E-state index contributed by atoms with van der Waals surface area (Å²) in [4.78, 5) is 11.9. The maximum absolute atomic E-state index is 13.2. The van der Waals surface area contributed by atoms with Crippen LogP contribution in [0.4, 0.5) is 8.78 Å². The number of halogens is 2. The number of carbonyl (C=O) groups excluding carboxylic acids is 1. The molecule has 22 heavy (non-hydrogen) atoms. The van der Waals surface area contributed by atoms with Crippen LogP contribution in [0.2, 0.25) is 0 Å². The first-order valence-corrected chi connectivity index (χ1v) is 8.24. The second-order valence-corrected chi connectivity index (χ2v) is 7.65. The number of ether oxygens (including phenoxy) is 2. The molecule has 126 valence electrons. The zero-order valence-corrected chi connectivity index (χ0v) is 12.2. The maximum atomic E-state index is 13.2. The fraction of sp³-hybridized carbons (Fsp3) is 0.889. The maximum Gasteiger partial charge on any atom is 0.354 e. The zero-order valence-electron chi connectivity index (χ0n) is 10.6. The predicted molar refractivity (Wildman–Crippen MR) is 62.6 cm³/mol. The van der Waals surface area contributed by atoms with Gasteiger partial charge >= 0.3 is 11.2 Å². The number of fused-ring (bicyclic) bond motifs is 1. The van der Waals surface area contributed by atoms with E-state index in [0.29, 0.717) is 0 Å². The van der Waals surface area contributed by atoms with Crippen LogP contribution in [0, 0.1) is 5.92 Å². The molecule has 3 aliphatic rings. The summed E-state index contributed by atoms with van der Waals surface area (Å²) >= 11 is -0.548. The fourth-order valence-corrected chi connectivity index (χ4v) is 4.79. The molecular weight excluding hydrogens is 354 g/mol. The SMILES string of the molecule is O=C(OCC(F)(F)SOOO)C1C2CC3C(O2)C1OS3(=O)=O. The first-order chi connectivity index (χ1) is 10.2. The number of hydrogen-bond acceptors (Lipinski definition) is 10. The molecule has 0 aromatic carbocycles. The Bertz CT molecular complexity index is 567. The smallest absolute Gasteiger partial charge is 0.354 e. The molecule has 13 heteroatoms. The van der Waals surface area contributed by atoms with Gasteiger partial charge in [0, 0.05) is 0 Å². The molecule has 0 aromatic heterocycles. The van der Waals surface area contributed by atoms with Crippen molar-refractivity contribution in [3.05, 3.63) is 0 Å². The molecule has 0 radical (unpaired) electrons. The van der Waals surface area contributed by atoms with E-state index in [0.717, 1.165) is 0 Å². The minimum absolute atomic E-state index is 0.0654. The van der Waals surface area contributed by atoms with Crippen molar-refractivity contribution in [2.24, 2.45) is 5.92 Å². The van der Waals surface area contributed by atoms with Gasteiger partial charge in [0.2, 0.25) is 0 Å². The quantitative estimate of drug-likeness (QED) is 0.228. The van der Waals surface area contributed by atoms with Crippen molar-refractivity contribution in [2.75, 3.05) is 6.61 Å². The summed E-state index contributed by atoms with van der Waals surface area (Å²) in [5.74, 6) is -2.12. The highest BCUT2D eigenvalue weighted by molar-refractivity contribution is 7.95. The Kier molecular flexibility index (Phi) is 4.08. The van der Waals surface area contributed by atoms with Crippen LogP contribution >= 0.6 is 12.0 Å². The van der Waals surface area contributed by atoms with Crippen LogP contribution in [0.1, 0.15) is 6.42 Å². The summed E-state index contributed by atoms with van der Waals surface area (Å²) in [6, 6.07) is 0. The monoisotopic (exact) mass is 364 g/mol. The van der Waals surface area contributed by atoms with Gasteiger partial charge in [0.25, 0.3) is 10.1 Å². The van der Waals surface area contributed by atoms with E-state index >= 15 is 0 Å². The molecule has 2 bridgehead atoms. The highest BCUT2D eigenvalue weighted by Crippen LogP contribution is 2.50. The van der Waals surface area contributed by atoms with E-state index in [1.54, 1.807) is 0 Å². The van der Waals surface area contributed by atoms with Crippen molar-refractivity contribution >= 4 is 28.1 Å². The summed E-state index contributed by atoms with van der Waals surface area (Å²) in [7, 11) is -3.80. The molecule has 1 N–H and O–H groups in total. The average Bonchev–Trinajstić information content (AvgIpc) is 3.04. The first kappa shape index (κ1) is 16.3. The van der Waals surface area contributed by atoms with Gasteiger partial charge in [0.05, 0.1) is 6.10 Å². The van der Waals surface area contributed by atoms with Gasteiger partial charge < -0.3 is 9.47 Å². The third-order valence-corrected chi connectivity index (χ3v) is 5.88. The van der Waals surface area contributed by atoms with Gasteiger partial charge in [-0.05, 0) is 6.42 Å². The normalized spacial score (nSPS) is 38.4. The van der Waals surface area contributed by atoms with Crippen molar-refractivity contribution < 1.29 is 50.3 Å². The Morgan fingerprint density at radius 1 is 1.41 bits per heavy atom. The van der Waals surface area contributed by atoms with Gasteiger partial charge in [-0.3, -0.25) is 8.98 Å². The number of hydrogen-bond donors (Lipinski definition) is 1. The van der Waals surface area contributed by atoms with Crippen LogP contribution in [-0.2, 0) is 37.9 Å². The Hall–Kier alpha value is -0.570.